The van der Waals surface area contributed by atoms with E-state index in [0.29, 0.717) is 31.4 Å². The quantitative estimate of drug-likeness (QED) is 0.199. The lowest BCUT2D eigenvalue weighted by atomic mass is 9.89. The van der Waals surface area contributed by atoms with Gasteiger partial charge < -0.3 is 9.47 Å². The van der Waals surface area contributed by atoms with Gasteiger partial charge in [0.2, 0.25) is 0 Å². The van der Waals surface area contributed by atoms with Crippen LogP contribution in [0, 0.1) is 5.92 Å². The number of rotatable bonds is 11. The highest BCUT2D eigenvalue weighted by Crippen LogP contribution is 2.19. The van der Waals surface area contributed by atoms with Crippen molar-refractivity contribution in [2.24, 2.45) is 5.92 Å². The van der Waals surface area contributed by atoms with Crippen molar-refractivity contribution in [3.8, 4) is 0 Å². The van der Waals surface area contributed by atoms with E-state index in [1.54, 1.807) is 6.92 Å². The lowest BCUT2D eigenvalue weighted by Gasteiger charge is -2.14. The first-order chi connectivity index (χ1) is 11.5. The molecule has 24 heavy (non-hydrogen) atoms. The van der Waals surface area contributed by atoms with Crippen LogP contribution < -0.4 is 0 Å². The predicted molar refractivity (Wildman–Crippen MR) is 89.1 cm³/mol. The third kappa shape index (κ3) is 6.76. The molecule has 0 aliphatic carbocycles. The third-order valence-electron chi connectivity index (χ3n) is 3.43. The number of hydrogen-bond acceptors (Lipinski definition) is 6. The monoisotopic (exact) mass is 355 g/mol. The van der Waals surface area contributed by atoms with Crippen molar-refractivity contribution in [1.82, 2.24) is 4.98 Å². The van der Waals surface area contributed by atoms with Crippen molar-refractivity contribution in [1.29, 1.82) is 0 Å². The summed E-state index contributed by atoms with van der Waals surface area (Å²) in [7, 11) is 1.41. The Morgan fingerprint density at radius 3 is 2.67 bits per heavy atom. The van der Waals surface area contributed by atoms with Crippen LogP contribution in [0.3, 0.4) is 0 Å². The molecule has 1 aromatic rings. The van der Waals surface area contributed by atoms with Crippen molar-refractivity contribution >= 4 is 29.1 Å². The Morgan fingerprint density at radius 2 is 2.04 bits per heavy atom. The zero-order chi connectivity index (χ0) is 17.9. The van der Waals surface area contributed by atoms with Gasteiger partial charge in [-0.3, -0.25) is 14.4 Å². The van der Waals surface area contributed by atoms with E-state index in [-0.39, 0.29) is 35.7 Å². The minimum atomic E-state index is -0.814. The number of halogens is 1. The molecule has 0 saturated heterocycles. The highest BCUT2D eigenvalue weighted by molar-refractivity contribution is 6.29. The molecule has 0 N–H and O–H groups in total. The summed E-state index contributed by atoms with van der Waals surface area (Å²) in [5, 5.41) is 0.195. The molecule has 0 saturated carbocycles. The molecule has 0 bridgehead atoms. The van der Waals surface area contributed by atoms with E-state index in [9.17, 15) is 14.4 Å². The van der Waals surface area contributed by atoms with Gasteiger partial charge >= 0.3 is 5.97 Å². The maximum Gasteiger partial charge on any atom is 0.305 e. The van der Waals surface area contributed by atoms with E-state index in [4.69, 9.17) is 21.1 Å². The summed E-state index contributed by atoms with van der Waals surface area (Å²) < 4.78 is 9.71. The van der Waals surface area contributed by atoms with Gasteiger partial charge in [0.05, 0.1) is 12.5 Å². The summed E-state index contributed by atoms with van der Waals surface area (Å²) >= 11 is 5.80. The fraction of sp³-hybridized carbons (Fsp3) is 0.529. The zero-order valence-corrected chi connectivity index (χ0v) is 14.7. The third-order valence-corrected chi connectivity index (χ3v) is 3.64. The number of carbonyl (C=O) groups is 3. The maximum atomic E-state index is 12.6. The smallest absolute Gasteiger partial charge is 0.305 e. The van der Waals surface area contributed by atoms with Gasteiger partial charge in [0.25, 0.3) is 0 Å². The molecule has 1 unspecified atom stereocenters. The number of carbonyl (C=O) groups excluding carboxylic acids is 3. The first kappa shape index (κ1) is 20.3. The second kappa shape index (κ2) is 10.9. The first-order valence-corrected chi connectivity index (χ1v) is 8.20. The molecular formula is C17H22ClNO5. The standard InChI is InChI=1S/C17H22ClNO5/c1-3-24-16(21)7-5-4-6-13(14(20)11-23-2)17(22)12-8-9-19-15(18)10-12/h8-10,13H,3-7,11H2,1-2H3. The number of ketones is 2. The normalized spacial score (nSPS) is 11.8. The van der Waals surface area contributed by atoms with Crippen LogP contribution in [-0.4, -0.2) is 42.8 Å². The van der Waals surface area contributed by atoms with Crippen molar-refractivity contribution < 1.29 is 23.9 Å². The number of methoxy groups -OCH3 is 1. The molecule has 0 spiro atoms. The number of esters is 1. The van der Waals surface area contributed by atoms with Crippen LogP contribution in [0.1, 0.15) is 43.0 Å². The van der Waals surface area contributed by atoms with E-state index in [1.807, 2.05) is 0 Å². The summed E-state index contributed by atoms with van der Waals surface area (Å²) in [5.41, 5.74) is 0.342. The number of unbranched alkanes of at least 4 members (excludes halogenated alkanes) is 1. The van der Waals surface area contributed by atoms with Crippen LogP contribution in [0.15, 0.2) is 18.3 Å². The summed E-state index contributed by atoms with van der Waals surface area (Å²) in [6.07, 6.45) is 3.16. The Labute approximate surface area is 146 Å². The van der Waals surface area contributed by atoms with Crippen LogP contribution in [-0.2, 0) is 19.1 Å². The molecule has 0 aromatic carbocycles. The number of nitrogens with zero attached hydrogens (tertiary/aromatic N) is 1. The van der Waals surface area contributed by atoms with E-state index in [2.05, 4.69) is 4.98 Å². The number of pyridine rings is 1. The maximum absolute atomic E-state index is 12.6. The van der Waals surface area contributed by atoms with E-state index in [0.717, 1.165) is 0 Å². The van der Waals surface area contributed by atoms with E-state index in [1.165, 1.54) is 25.4 Å². The summed E-state index contributed by atoms with van der Waals surface area (Å²) in [4.78, 5) is 39.9. The molecule has 1 aromatic heterocycles. The lowest BCUT2D eigenvalue weighted by Crippen LogP contribution is -2.27. The Balaban J connectivity index is 2.69. The van der Waals surface area contributed by atoms with Crippen LogP contribution >= 0.6 is 11.6 Å². The van der Waals surface area contributed by atoms with Gasteiger partial charge in [-0.25, -0.2) is 4.98 Å². The van der Waals surface area contributed by atoms with Gasteiger partial charge in [0.1, 0.15) is 11.8 Å². The second-order valence-corrected chi connectivity index (χ2v) is 5.62. The zero-order valence-electron chi connectivity index (χ0n) is 13.9. The molecule has 0 aliphatic rings. The molecule has 0 aliphatic heterocycles. The Hall–Kier alpha value is -1.79. The van der Waals surface area contributed by atoms with E-state index < -0.39 is 5.92 Å². The van der Waals surface area contributed by atoms with Gasteiger partial charge in [-0.05, 0) is 31.9 Å². The minimum absolute atomic E-state index is 0.132. The predicted octanol–water partition coefficient (Wildman–Crippen LogP) is 2.87. The molecule has 1 atom stereocenters. The van der Waals surface area contributed by atoms with Crippen LogP contribution in [0.5, 0.6) is 0 Å². The molecule has 132 valence electrons. The molecular weight excluding hydrogens is 334 g/mol. The van der Waals surface area contributed by atoms with Crippen molar-refractivity contribution in [2.45, 2.75) is 32.6 Å². The Morgan fingerprint density at radius 1 is 1.29 bits per heavy atom. The fourth-order valence-corrected chi connectivity index (χ4v) is 2.46. The van der Waals surface area contributed by atoms with Crippen LogP contribution in [0.2, 0.25) is 5.15 Å². The number of ether oxygens (including phenoxy) is 2. The molecule has 1 heterocycles. The van der Waals surface area contributed by atoms with Gasteiger partial charge in [0.15, 0.2) is 11.6 Å². The number of hydrogen-bond donors (Lipinski definition) is 0. The molecule has 0 fully saturated rings. The van der Waals surface area contributed by atoms with Gasteiger partial charge in [-0.15, -0.1) is 0 Å². The average Bonchev–Trinajstić information content (AvgIpc) is 2.54. The van der Waals surface area contributed by atoms with Crippen molar-refractivity contribution in [2.75, 3.05) is 20.3 Å². The van der Waals surface area contributed by atoms with E-state index >= 15 is 0 Å². The summed E-state index contributed by atoms with van der Waals surface area (Å²) in [5.74, 6) is -1.68. The Kier molecular flexibility index (Phi) is 9.19. The van der Waals surface area contributed by atoms with Crippen LogP contribution in [0.25, 0.3) is 0 Å². The highest BCUT2D eigenvalue weighted by Gasteiger charge is 2.27. The summed E-state index contributed by atoms with van der Waals surface area (Å²) in [6, 6.07) is 2.97. The van der Waals surface area contributed by atoms with Gasteiger partial charge in [-0.1, -0.05) is 18.0 Å². The minimum Gasteiger partial charge on any atom is -0.466 e. The van der Waals surface area contributed by atoms with Crippen molar-refractivity contribution in [3.63, 3.8) is 0 Å². The first-order valence-electron chi connectivity index (χ1n) is 7.82. The molecule has 1 rings (SSSR count). The largest absolute Gasteiger partial charge is 0.466 e. The SMILES string of the molecule is CCOC(=O)CCCCC(C(=O)COC)C(=O)c1ccnc(Cl)c1. The second-order valence-electron chi connectivity index (χ2n) is 5.23. The summed E-state index contributed by atoms with van der Waals surface area (Å²) in [6.45, 7) is 1.96. The highest BCUT2D eigenvalue weighted by atomic mass is 35.5. The van der Waals surface area contributed by atoms with Gasteiger partial charge in [-0.2, -0.15) is 0 Å². The Bertz CT molecular complexity index is 576. The topological polar surface area (TPSA) is 82.6 Å². The number of Topliss-reactive ketones (excluding diaryl/α,β-unsaturated/α-hetero) is 2. The van der Waals surface area contributed by atoms with Gasteiger partial charge in [0, 0.05) is 25.3 Å². The molecule has 7 heteroatoms. The van der Waals surface area contributed by atoms with Crippen molar-refractivity contribution in [3.05, 3.63) is 29.0 Å². The number of aromatic nitrogens is 1. The average molecular weight is 356 g/mol. The molecule has 6 nitrogen and oxygen atoms in total. The van der Waals surface area contributed by atoms with Crippen LogP contribution in [0.4, 0.5) is 0 Å². The molecule has 0 radical (unpaired) electrons. The molecule has 0 amide bonds. The fourth-order valence-electron chi connectivity index (χ4n) is 2.29. The lowest BCUT2D eigenvalue weighted by molar-refractivity contribution is -0.143.